The summed E-state index contributed by atoms with van der Waals surface area (Å²) in [5, 5.41) is 4.67. The van der Waals surface area contributed by atoms with E-state index in [4.69, 9.17) is 32.7 Å². The van der Waals surface area contributed by atoms with Crippen molar-refractivity contribution in [2.75, 3.05) is 32.8 Å². The van der Waals surface area contributed by atoms with Crippen molar-refractivity contribution in [2.24, 2.45) is 0 Å². The van der Waals surface area contributed by atoms with Crippen LogP contribution >= 0.6 is 23.2 Å². The van der Waals surface area contributed by atoms with E-state index in [9.17, 15) is 0 Å². The SMILES string of the molecule is Clc1cc(Cl)cc(CO[C@H]2COc3ccccc3[C@@H]2N2CCNCC2)c1. The van der Waals surface area contributed by atoms with Crippen LogP contribution in [0.5, 0.6) is 5.75 Å². The number of fused-ring (bicyclic) bond motifs is 1. The lowest BCUT2D eigenvalue weighted by Gasteiger charge is -2.42. The quantitative estimate of drug-likeness (QED) is 0.854. The minimum atomic E-state index is -0.0410. The second-order valence-corrected chi connectivity index (χ2v) is 7.58. The first kappa shape index (κ1) is 18.1. The van der Waals surface area contributed by atoms with Gasteiger partial charge in [-0.25, -0.2) is 0 Å². The number of hydrogen-bond acceptors (Lipinski definition) is 4. The summed E-state index contributed by atoms with van der Waals surface area (Å²) in [6.07, 6.45) is -0.0410. The van der Waals surface area contributed by atoms with Crippen molar-refractivity contribution >= 4 is 23.2 Å². The molecule has 6 heteroatoms. The summed E-state index contributed by atoms with van der Waals surface area (Å²) in [5.74, 6) is 0.960. The van der Waals surface area contributed by atoms with E-state index in [1.165, 1.54) is 5.56 Å². The van der Waals surface area contributed by atoms with Gasteiger partial charge in [-0.2, -0.15) is 0 Å². The van der Waals surface area contributed by atoms with Crippen molar-refractivity contribution in [3.63, 3.8) is 0 Å². The number of para-hydroxylation sites is 1. The number of halogens is 2. The highest BCUT2D eigenvalue weighted by Crippen LogP contribution is 2.37. The number of benzene rings is 2. The molecular weight excluding hydrogens is 371 g/mol. The van der Waals surface area contributed by atoms with Gasteiger partial charge in [0, 0.05) is 41.8 Å². The van der Waals surface area contributed by atoms with Crippen LogP contribution in [-0.2, 0) is 11.3 Å². The maximum absolute atomic E-state index is 6.30. The third kappa shape index (κ3) is 4.00. The zero-order valence-corrected chi connectivity index (χ0v) is 16.0. The van der Waals surface area contributed by atoms with Crippen LogP contribution in [-0.4, -0.2) is 43.8 Å². The van der Waals surface area contributed by atoms with E-state index < -0.39 is 0 Å². The molecule has 2 aliphatic rings. The number of hydrogen-bond donors (Lipinski definition) is 1. The Morgan fingerprint density at radius 3 is 2.58 bits per heavy atom. The predicted octanol–water partition coefficient (Wildman–Crippen LogP) is 3.92. The molecule has 0 aromatic heterocycles. The summed E-state index contributed by atoms with van der Waals surface area (Å²) >= 11 is 12.2. The van der Waals surface area contributed by atoms with Gasteiger partial charge in [0.1, 0.15) is 18.5 Å². The third-order valence-corrected chi connectivity index (χ3v) is 5.36. The normalized spacial score (nSPS) is 23.3. The molecule has 1 fully saturated rings. The van der Waals surface area contributed by atoms with Crippen molar-refractivity contribution in [2.45, 2.75) is 18.8 Å². The van der Waals surface area contributed by atoms with Crippen LogP contribution in [0.4, 0.5) is 0 Å². The van der Waals surface area contributed by atoms with Crippen LogP contribution in [0.1, 0.15) is 17.2 Å². The topological polar surface area (TPSA) is 33.7 Å². The maximum Gasteiger partial charge on any atom is 0.124 e. The molecule has 26 heavy (non-hydrogen) atoms. The van der Waals surface area contributed by atoms with Gasteiger partial charge in [-0.05, 0) is 29.8 Å². The monoisotopic (exact) mass is 392 g/mol. The summed E-state index contributed by atoms with van der Waals surface area (Å²) in [5.41, 5.74) is 2.18. The number of piperazine rings is 1. The van der Waals surface area contributed by atoms with E-state index in [0.29, 0.717) is 23.3 Å². The smallest absolute Gasteiger partial charge is 0.124 e. The summed E-state index contributed by atoms with van der Waals surface area (Å²) in [4.78, 5) is 2.49. The van der Waals surface area contributed by atoms with Gasteiger partial charge in [-0.1, -0.05) is 41.4 Å². The van der Waals surface area contributed by atoms with Gasteiger partial charge in [0.2, 0.25) is 0 Å². The Bertz CT molecular complexity index is 745. The Kier molecular flexibility index (Phi) is 5.67. The van der Waals surface area contributed by atoms with Gasteiger partial charge in [-0.15, -0.1) is 0 Å². The second kappa shape index (κ2) is 8.15. The zero-order chi connectivity index (χ0) is 17.9. The maximum atomic E-state index is 6.30. The fourth-order valence-corrected chi connectivity index (χ4v) is 4.32. The molecule has 0 amide bonds. The lowest BCUT2D eigenvalue weighted by Crippen LogP contribution is -2.51. The zero-order valence-electron chi connectivity index (χ0n) is 14.5. The molecule has 0 spiro atoms. The molecule has 1 saturated heterocycles. The highest BCUT2D eigenvalue weighted by molar-refractivity contribution is 6.34. The standard InChI is InChI=1S/C20H22Cl2N2O2/c21-15-9-14(10-16(22)11-15)12-25-19-13-26-18-4-2-1-3-17(18)20(19)24-7-5-23-6-8-24/h1-4,9-11,19-20,23H,5-8,12-13H2/t19-,20-/m0/s1. The summed E-state index contributed by atoms with van der Waals surface area (Å²) in [6.45, 7) is 5.00. The molecule has 0 aliphatic carbocycles. The van der Waals surface area contributed by atoms with E-state index >= 15 is 0 Å². The minimum Gasteiger partial charge on any atom is -0.490 e. The lowest BCUT2D eigenvalue weighted by atomic mass is 9.95. The van der Waals surface area contributed by atoms with E-state index in [0.717, 1.165) is 37.5 Å². The van der Waals surface area contributed by atoms with Crippen LogP contribution in [0, 0.1) is 0 Å². The highest BCUT2D eigenvalue weighted by Gasteiger charge is 2.36. The van der Waals surface area contributed by atoms with Crippen LogP contribution in [0.3, 0.4) is 0 Å². The van der Waals surface area contributed by atoms with Crippen LogP contribution in [0.2, 0.25) is 10.0 Å². The predicted molar refractivity (Wildman–Crippen MR) is 104 cm³/mol. The molecule has 4 rings (SSSR count). The third-order valence-electron chi connectivity index (χ3n) is 4.92. The fraction of sp³-hybridized carbons (Fsp3) is 0.400. The van der Waals surface area contributed by atoms with Gasteiger partial charge in [0.05, 0.1) is 12.6 Å². The van der Waals surface area contributed by atoms with Gasteiger partial charge < -0.3 is 14.8 Å². The summed E-state index contributed by atoms with van der Waals surface area (Å²) in [6, 6.07) is 14.0. The van der Waals surface area contributed by atoms with Gasteiger partial charge in [0.15, 0.2) is 0 Å². The van der Waals surface area contributed by atoms with Gasteiger partial charge in [0.25, 0.3) is 0 Å². The highest BCUT2D eigenvalue weighted by atomic mass is 35.5. The molecule has 0 bridgehead atoms. The molecular formula is C20H22Cl2N2O2. The van der Waals surface area contributed by atoms with Crippen molar-refractivity contribution in [3.8, 4) is 5.75 Å². The first-order valence-corrected chi connectivity index (χ1v) is 9.69. The van der Waals surface area contributed by atoms with Crippen molar-refractivity contribution in [3.05, 3.63) is 63.6 Å². The largest absolute Gasteiger partial charge is 0.490 e. The van der Waals surface area contributed by atoms with Gasteiger partial charge in [-0.3, -0.25) is 4.90 Å². The van der Waals surface area contributed by atoms with E-state index in [-0.39, 0.29) is 12.1 Å². The Morgan fingerprint density at radius 1 is 1.08 bits per heavy atom. The second-order valence-electron chi connectivity index (χ2n) is 6.71. The Labute approximate surface area is 164 Å². The van der Waals surface area contributed by atoms with Crippen molar-refractivity contribution in [1.82, 2.24) is 10.2 Å². The summed E-state index contributed by atoms with van der Waals surface area (Å²) in [7, 11) is 0. The Hall–Kier alpha value is -1.30. The minimum absolute atomic E-state index is 0.0410. The molecule has 0 saturated carbocycles. The van der Waals surface area contributed by atoms with Gasteiger partial charge >= 0.3 is 0 Å². The number of rotatable bonds is 4. The Morgan fingerprint density at radius 2 is 1.81 bits per heavy atom. The molecule has 2 heterocycles. The van der Waals surface area contributed by atoms with E-state index in [2.05, 4.69) is 22.3 Å². The molecule has 0 radical (unpaired) electrons. The summed E-state index contributed by atoms with van der Waals surface area (Å²) < 4.78 is 12.3. The number of nitrogens with zero attached hydrogens (tertiary/aromatic N) is 1. The Balaban J connectivity index is 1.55. The van der Waals surface area contributed by atoms with Crippen molar-refractivity contribution < 1.29 is 9.47 Å². The first-order valence-electron chi connectivity index (χ1n) is 8.94. The molecule has 0 unspecified atom stereocenters. The van der Waals surface area contributed by atoms with E-state index in [1.807, 2.05) is 24.3 Å². The van der Waals surface area contributed by atoms with Crippen LogP contribution in [0.15, 0.2) is 42.5 Å². The molecule has 4 nitrogen and oxygen atoms in total. The van der Waals surface area contributed by atoms with Crippen LogP contribution in [0.25, 0.3) is 0 Å². The average Bonchev–Trinajstić information content (AvgIpc) is 2.66. The molecule has 2 atom stereocenters. The molecule has 2 aliphatic heterocycles. The van der Waals surface area contributed by atoms with E-state index in [1.54, 1.807) is 6.07 Å². The molecule has 1 N–H and O–H groups in total. The van der Waals surface area contributed by atoms with Crippen LogP contribution < -0.4 is 10.1 Å². The first-order chi connectivity index (χ1) is 12.7. The number of ether oxygens (including phenoxy) is 2. The average molecular weight is 393 g/mol. The number of nitrogens with one attached hydrogen (secondary N) is 1. The molecule has 138 valence electrons. The van der Waals surface area contributed by atoms with Crippen molar-refractivity contribution in [1.29, 1.82) is 0 Å². The molecule has 2 aromatic carbocycles. The molecule has 2 aromatic rings. The lowest BCUT2D eigenvalue weighted by molar-refractivity contribution is -0.0617. The fourth-order valence-electron chi connectivity index (χ4n) is 3.75.